The van der Waals surface area contributed by atoms with E-state index in [1.807, 2.05) is 18.2 Å². The first-order valence-electron chi connectivity index (χ1n) is 9.00. The Balaban J connectivity index is 1.80. The fourth-order valence-corrected chi connectivity index (χ4v) is 2.84. The number of carbonyl (C=O) groups excluding carboxylic acids is 1. The molecule has 146 valence electrons. The molecule has 0 amide bonds. The molecular weight excluding hydrogens is 360 g/mol. The number of esters is 1. The second kappa shape index (κ2) is 8.17. The van der Waals surface area contributed by atoms with Crippen molar-refractivity contribution in [3.8, 4) is 5.75 Å². The first kappa shape index (κ1) is 19.5. The van der Waals surface area contributed by atoms with Gasteiger partial charge < -0.3 is 19.0 Å². The van der Waals surface area contributed by atoms with Crippen molar-refractivity contribution >= 4 is 22.9 Å². The maximum Gasteiger partial charge on any atom is 0.335 e. The molecule has 0 radical (unpaired) electrons. The van der Waals surface area contributed by atoms with Crippen LogP contribution in [0.1, 0.15) is 54.5 Å². The van der Waals surface area contributed by atoms with Gasteiger partial charge in [0.25, 0.3) is 0 Å². The Bertz CT molecular complexity index is 984. The lowest BCUT2D eigenvalue weighted by atomic mass is 10.0. The van der Waals surface area contributed by atoms with Crippen LogP contribution in [0, 0.1) is 0 Å². The van der Waals surface area contributed by atoms with Gasteiger partial charge >= 0.3 is 11.9 Å². The van der Waals surface area contributed by atoms with Crippen LogP contribution in [0.15, 0.2) is 52.9 Å². The van der Waals surface area contributed by atoms with E-state index in [1.165, 1.54) is 24.6 Å². The first-order valence-corrected chi connectivity index (χ1v) is 9.00. The van der Waals surface area contributed by atoms with Gasteiger partial charge in [0.1, 0.15) is 23.7 Å². The average Bonchev–Trinajstić information content (AvgIpc) is 3.08. The van der Waals surface area contributed by atoms with Crippen molar-refractivity contribution in [3.63, 3.8) is 0 Å². The molecule has 0 aliphatic carbocycles. The van der Waals surface area contributed by atoms with Gasteiger partial charge in [-0.05, 0) is 53.9 Å². The summed E-state index contributed by atoms with van der Waals surface area (Å²) in [6.45, 7) is 5.61. The van der Waals surface area contributed by atoms with Gasteiger partial charge in [0, 0.05) is 12.3 Å². The molecule has 3 aromatic rings. The van der Waals surface area contributed by atoms with Crippen molar-refractivity contribution in [1.82, 2.24) is 0 Å². The molecule has 1 aromatic heterocycles. The predicted octanol–water partition coefficient (Wildman–Crippen LogP) is 4.94. The zero-order valence-corrected chi connectivity index (χ0v) is 16.0. The molecule has 0 fully saturated rings. The third-order valence-corrected chi connectivity index (χ3v) is 4.35. The summed E-state index contributed by atoms with van der Waals surface area (Å²) in [7, 11) is 0. The van der Waals surface area contributed by atoms with Gasteiger partial charge in [0.2, 0.25) is 0 Å². The molecule has 0 aliphatic rings. The number of ether oxygens (including phenoxy) is 2. The number of rotatable bonds is 7. The standard InChI is InChI=1S/C22H22O6/c1-13(2)16-6-9-19-17(10-16)11-20(28-19)21(27-14(3)23)12-26-18-7-4-15(5-8-18)22(24)25/h4-11,13,21H,12H2,1-3H3,(H,24,25). The van der Waals surface area contributed by atoms with Crippen molar-refractivity contribution < 1.29 is 28.6 Å². The Morgan fingerprint density at radius 3 is 2.39 bits per heavy atom. The molecular formula is C22H22O6. The molecule has 3 rings (SSSR count). The van der Waals surface area contributed by atoms with Gasteiger partial charge in [0.15, 0.2) is 6.10 Å². The van der Waals surface area contributed by atoms with E-state index in [4.69, 9.17) is 19.0 Å². The third-order valence-electron chi connectivity index (χ3n) is 4.35. The molecule has 0 saturated carbocycles. The second-order valence-electron chi connectivity index (χ2n) is 6.84. The van der Waals surface area contributed by atoms with E-state index in [0.717, 1.165) is 5.39 Å². The van der Waals surface area contributed by atoms with Crippen LogP contribution < -0.4 is 4.74 Å². The van der Waals surface area contributed by atoms with Crippen LogP contribution in [0.4, 0.5) is 0 Å². The summed E-state index contributed by atoms with van der Waals surface area (Å²) in [6.07, 6.45) is -0.716. The summed E-state index contributed by atoms with van der Waals surface area (Å²) in [4.78, 5) is 22.5. The number of hydrogen-bond donors (Lipinski definition) is 1. The van der Waals surface area contributed by atoms with E-state index in [9.17, 15) is 9.59 Å². The Morgan fingerprint density at radius 1 is 1.07 bits per heavy atom. The number of carboxylic acid groups (broad SMARTS) is 1. The highest BCUT2D eigenvalue weighted by molar-refractivity contribution is 5.87. The van der Waals surface area contributed by atoms with Crippen molar-refractivity contribution in [2.45, 2.75) is 32.8 Å². The van der Waals surface area contributed by atoms with Crippen LogP contribution in [0.25, 0.3) is 11.0 Å². The molecule has 0 bridgehead atoms. The Labute approximate surface area is 162 Å². The number of furan rings is 1. The topological polar surface area (TPSA) is 86.0 Å². The smallest absolute Gasteiger partial charge is 0.335 e. The van der Waals surface area contributed by atoms with Crippen molar-refractivity contribution in [3.05, 3.63) is 65.4 Å². The number of carbonyl (C=O) groups is 2. The highest BCUT2D eigenvalue weighted by atomic mass is 16.6. The zero-order chi connectivity index (χ0) is 20.3. The summed E-state index contributed by atoms with van der Waals surface area (Å²) in [6, 6.07) is 13.9. The molecule has 0 saturated heterocycles. The molecule has 1 unspecified atom stereocenters. The normalized spacial score (nSPS) is 12.1. The van der Waals surface area contributed by atoms with Crippen molar-refractivity contribution in [1.29, 1.82) is 0 Å². The average molecular weight is 382 g/mol. The SMILES string of the molecule is CC(=O)OC(COc1ccc(C(=O)O)cc1)c1cc2cc(C(C)C)ccc2o1. The number of hydrogen-bond acceptors (Lipinski definition) is 5. The number of fused-ring (bicyclic) bond motifs is 1. The molecule has 6 heteroatoms. The van der Waals surface area contributed by atoms with Crippen LogP contribution in [0.3, 0.4) is 0 Å². The lowest BCUT2D eigenvalue weighted by Crippen LogP contribution is -2.16. The maximum absolute atomic E-state index is 11.5. The Kier molecular flexibility index (Phi) is 5.68. The summed E-state index contributed by atoms with van der Waals surface area (Å²) in [5, 5.41) is 9.89. The van der Waals surface area contributed by atoms with E-state index in [2.05, 4.69) is 19.9 Å². The van der Waals surface area contributed by atoms with Crippen LogP contribution in [0.2, 0.25) is 0 Å². The molecule has 6 nitrogen and oxygen atoms in total. The molecule has 1 atom stereocenters. The highest BCUT2D eigenvalue weighted by Gasteiger charge is 2.21. The highest BCUT2D eigenvalue weighted by Crippen LogP contribution is 2.29. The molecule has 0 aliphatic heterocycles. The van der Waals surface area contributed by atoms with Gasteiger partial charge in [-0.3, -0.25) is 4.79 Å². The lowest BCUT2D eigenvalue weighted by molar-refractivity contribution is -0.149. The fourth-order valence-electron chi connectivity index (χ4n) is 2.84. The lowest BCUT2D eigenvalue weighted by Gasteiger charge is -2.15. The Hall–Kier alpha value is -3.28. The van der Waals surface area contributed by atoms with Crippen LogP contribution in [0.5, 0.6) is 5.75 Å². The number of aromatic carboxylic acids is 1. The van der Waals surface area contributed by atoms with Crippen molar-refractivity contribution in [2.24, 2.45) is 0 Å². The predicted molar refractivity (Wildman–Crippen MR) is 104 cm³/mol. The monoisotopic (exact) mass is 382 g/mol. The van der Waals surface area contributed by atoms with Crippen LogP contribution >= 0.6 is 0 Å². The van der Waals surface area contributed by atoms with E-state index in [1.54, 1.807) is 12.1 Å². The number of carboxylic acids is 1. The second-order valence-corrected chi connectivity index (χ2v) is 6.84. The van der Waals surface area contributed by atoms with E-state index < -0.39 is 18.0 Å². The van der Waals surface area contributed by atoms with Crippen molar-refractivity contribution in [2.75, 3.05) is 6.61 Å². The van der Waals surface area contributed by atoms with Crippen LogP contribution in [-0.4, -0.2) is 23.7 Å². The van der Waals surface area contributed by atoms with Gasteiger partial charge in [-0.15, -0.1) is 0 Å². The molecule has 1 N–H and O–H groups in total. The zero-order valence-electron chi connectivity index (χ0n) is 16.0. The van der Waals surface area contributed by atoms with E-state index in [0.29, 0.717) is 23.0 Å². The van der Waals surface area contributed by atoms with Gasteiger partial charge in [-0.1, -0.05) is 19.9 Å². The molecule has 0 spiro atoms. The maximum atomic E-state index is 11.5. The summed E-state index contributed by atoms with van der Waals surface area (Å²) >= 11 is 0. The molecule has 28 heavy (non-hydrogen) atoms. The molecule has 2 aromatic carbocycles. The van der Waals surface area contributed by atoms with E-state index >= 15 is 0 Å². The van der Waals surface area contributed by atoms with Gasteiger partial charge in [-0.2, -0.15) is 0 Å². The fraction of sp³-hybridized carbons (Fsp3) is 0.273. The minimum Gasteiger partial charge on any atom is -0.489 e. The quantitative estimate of drug-likeness (QED) is 0.583. The largest absolute Gasteiger partial charge is 0.489 e. The minimum absolute atomic E-state index is 0.0445. The van der Waals surface area contributed by atoms with Gasteiger partial charge in [-0.25, -0.2) is 4.79 Å². The van der Waals surface area contributed by atoms with Crippen LogP contribution in [-0.2, 0) is 9.53 Å². The first-order chi connectivity index (χ1) is 13.3. The third kappa shape index (κ3) is 4.52. The van der Waals surface area contributed by atoms with E-state index in [-0.39, 0.29) is 12.2 Å². The summed E-state index contributed by atoms with van der Waals surface area (Å²) in [5.74, 6) is -0.0942. The minimum atomic E-state index is -1.01. The summed E-state index contributed by atoms with van der Waals surface area (Å²) in [5.41, 5.74) is 2.07. The summed E-state index contributed by atoms with van der Waals surface area (Å²) < 4.78 is 16.9. The molecule has 1 heterocycles. The Morgan fingerprint density at radius 2 is 1.79 bits per heavy atom. The number of benzene rings is 2. The van der Waals surface area contributed by atoms with Gasteiger partial charge in [0.05, 0.1) is 5.56 Å².